The van der Waals surface area contributed by atoms with E-state index in [1.54, 1.807) is 13.2 Å². The maximum absolute atomic E-state index is 13.1. The molecule has 6 nitrogen and oxygen atoms in total. The number of nitrogens with one attached hydrogen (secondary N) is 1. The lowest BCUT2D eigenvalue weighted by Crippen LogP contribution is -2.41. The first-order chi connectivity index (χ1) is 13.3. The molecule has 1 N–H and O–H groups in total. The number of piperidine rings is 1. The minimum atomic E-state index is -3.69. The Hall–Kier alpha value is -2.45. The number of nitrogens with zero attached hydrogens (tertiary/aromatic N) is 1. The van der Waals surface area contributed by atoms with Gasteiger partial charge in [0.1, 0.15) is 11.6 Å². The predicted octanol–water partition coefficient (Wildman–Crippen LogP) is 3.18. The van der Waals surface area contributed by atoms with Gasteiger partial charge in [-0.1, -0.05) is 6.07 Å². The molecule has 0 atom stereocenters. The Bertz CT molecular complexity index is 953. The van der Waals surface area contributed by atoms with E-state index in [0.717, 1.165) is 17.7 Å². The van der Waals surface area contributed by atoms with Gasteiger partial charge in [0.25, 0.3) is 0 Å². The zero-order valence-electron chi connectivity index (χ0n) is 15.8. The predicted molar refractivity (Wildman–Crippen MR) is 104 cm³/mol. The highest BCUT2D eigenvalue weighted by Gasteiger charge is 2.32. The molecule has 0 spiro atoms. The summed E-state index contributed by atoms with van der Waals surface area (Å²) in [5.41, 5.74) is 1.60. The third-order valence-corrected chi connectivity index (χ3v) is 6.80. The maximum atomic E-state index is 13.1. The zero-order valence-corrected chi connectivity index (χ0v) is 16.6. The average Bonchev–Trinajstić information content (AvgIpc) is 2.68. The van der Waals surface area contributed by atoms with Crippen LogP contribution in [-0.4, -0.2) is 38.8 Å². The number of hydrogen-bond acceptors (Lipinski definition) is 4. The van der Waals surface area contributed by atoms with Crippen LogP contribution in [0.3, 0.4) is 0 Å². The number of rotatable bonds is 5. The van der Waals surface area contributed by atoms with Gasteiger partial charge in [-0.2, -0.15) is 4.31 Å². The molecule has 2 aromatic rings. The van der Waals surface area contributed by atoms with Gasteiger partial charge in [-0.15, -0.1) is 0 Å². The molecule has 1 aliphatic heterocycles. The number of sulfonamides is 1. The van der Waals surface area contributed by atoms with E-state index in [1.807, 2.05) is 19.1 Å². The van der Waals surface area contributed by atoms with E-state index in [9.17, 15) is 17.6 Å². The number of halogens is 1. The summed E-state index contributed by atoms with van der Waals surface area (Å²) in [6, 6.07) is 10.3. The summed E-state index contributed by atoms with van der Waals surface area (Å²) in [6.45, 7) is 2.40. The summed E-state index contributed by atoms with van der Waals surface area (Å²) in [4.78, 5) is 12.7. The van der Waals surface area contributed by atoms with E-state index in [2.05, 4.69) is 5.32 Å². The van der Waals surface area contributed by atoms with Gasteiger partial charge in [0.2, 0.25) is 15.9 Å². The van der Waals surface area contributed by atoms with Crippen molar-refractivity contribution in [1.82, 2.24) is 4.31 Å². The second kappa shape index (κ2) is 8.28. The number of carbonyl (C=O) groups is 1. The molecule has 28 heavy (non-hydrogen) atoms. The van der Waals surface area contributed by atoms with Crippen molar-refractivity contribution in [3.8, 4) is 5.75 Å². The van der Waals surface area contributed by atoms with E-state index >= 15 is 0 Å². The number of carbonyl (C=O) groups excluding carboxylic acids is 1. The second-order valence-electron chi connectivity index (χ2n) is 6.83. The molecule has 0 unspecified atom stereocenters. The number of aryl methyl sites for hydroxylation is 1. The molecular weight excluding hydrogens is 383 g/mol. The smallest absolute Gasteiger partial charge is 0.243 e. The number of amides is 1. The average molecular weight is 406 g/mol. The SMILES string of the molecule is COc1ccc(C)cc1NC(=O)C1CCN(S(=O)(=O)c2ccc(F)cc2)CC1. The molecular formula is C20H23FN2O4S. The van der Waals surface area contributed by atoms with Crippen molar-refractivity contribution >= 4 is 21.6 Å². The molecule has 0 radical (unpaired) electrons. The Morgan fingerprint density at radius 2 is 1.79 bits per heavy atom. The number of hydrogen-bond donors (Lipinski definition) is 1. The van der Waals surface area contributed by atoms with Crippen molar-refractivity contribution in [2.45, 2.75) is 24.7 Å². The summed E-state index contributed by atoms with van der Waals surface area (Å²) in [5, 5.41) is 2.89. The molecule has 1 heterocycles. The summed E-state index contributed by atoms with van der Waals surface area (Å²) in [7, 11) is -2.15. The molecule has 1 saturated heterocycles. The van der Waals surface area contributed by atoms with Crippen LogP contribution in [0.1, 0.15) is 18.4 Å². The van der Waals surface area contributed by atoms with Crippen molar-refractivity contribution in [3.63, 3.8) is 0 Å². The minimum absolute atomic E-state index is 0.0568. The Balaban J connectivity index is 1.64. The largest absolute Gasteiger partial charge is 0.495 e. The molecule has 1 aliphatic rings. The monoisotopic (exact) mass is 406 g/mol. The van der Waals surface area contributed by atoms with Crippen molar-refractivity contribution in [3.05, 3.63) is 53.8 Å². The molecule has 0 saturated carbocycles. The van der Waals surface area contributed by atoms with E-state index in [4.69, 9.17) is 4.74 Å². The molecule has 1 amide bonds. The van der Waals surface area contributed by atoms with Gasteiger partial charge < -0.3 is 10.1 Å². The number of methoxy groups -OCH3 is 1. The molecule has 1 fully saturated rings. The van der Waals surface area contributed by atoms with Gasteiger partial charge in [0.05, 0.1) is 17.7 Å². The van der Waals surface area contributed by atoms with Gasteiger partial charge in [-0.05, 0) is 61.7 Å². The quantitative estimate of drug-likeness (QED) is 0.828. The Kier molecular flexibility index (Phi) is 6.00. The van der Waals surface area contributed by atoms with Crippen LogP contribution in [-0.2, 0) is 14.8 Å². The molecule has 2 aromatic carbocycles. The Morgan fingerprint density at radius 3 is 2.39 bits per heavy atom. The number of benzene rings is 2. The third-order valence-electron chi connectivity index (χ3n) is 4.89. The van der Waals surface area contributed by atoms with Crippen LogP contribution in [0, 0.1) is 18.7 Å². The Labute approximate surface area is 164 Å². The van der Waals surface area contributed by atoms with Crippen molar-refractivity contribution in [2.24, 2.45) is 5.92 Å². The van der Waals surface area contributed by atoms with E-state index < -0.39 is 15.8 Å². The fourth-order valence-electron chi connectivity index (χ4n) is 3.27. The van der Waals surface area contributed by atoms with Gasteiger partial charge in [0, 0.05) is 19.0 Å². The third kappa shape index (κ3) is 4.34. The second-order valence-corrected chi connectivity index (χ2v) is 8.76. The maximum Gasteiger partial charge on any atom is 0.243 e. The van der Waals surface area contributed by atoms with Crippen molar-refractivity contribution in [1.29, 1.82) is 0 Å². The molecule has 3 rings (SSSR count). The number of ether oxygens (including phenoxy) is 1. The van der Waals surface area contributed by atoms with Crippen LogP contribution in [0.25, 0.3) is 0 Å². The van der Waals surface area contributed by atoms with Gasteiger partial charge in [-0.25, -0.2) is 12.8 Å². The standard InChI is InChI=1S/C20H23FN2O4S/c1-14-3-8-19(27-2)18(13-14)22-20(24)15-9-11-23(12-10-15)28(25,26)17-6-4-16(21)5-7-17/h3-8,13,15H,9-12H2,1-2H3,(H,22,24). The van der Waals surface area contributed by atoms with E-state index in [1.165, 1.54) is 16.4 Å². The van der Waals surface area contributed by atoms with Crippen LogP contribution in [0.15, 0.2) is 47.4 Å². The van der Waals surface area contributed by atoms with Crippen molar-refractivity contribution in [2.75, 3.05) is 25.5 Å². The molecule has 0 aliphatic carbocycles. The van der Waals surface area contributed by atoms with Crippen molar-refractivity contribution < 1.29 is 22.3 Å². The summed E-state index contributed by atoms with van der Waals surface area (Å²) in [5.74, 6) is -0.344. The van der Waals surface area contributed by atoms with Gasteiger partial charge in [-0.3, -0.25) is 4.79 Å². The summed E-state index contributed by atoms with van der Waals surface area (Å²) < 4.78 is 45.0. The molecule has 150 valence electrons. The van der Waals surface area contributed by atoms with E-state index in [0.29, 0.717) is 24.3 Å². The first-order valence-electron chi connectivity index (χ1n) is 9.02. The fraction of sp³-hybridized carbons (Fsp3) is 0.350. The number of anilines is 1. The summed E-state index contributed by atoms with van der Waals surface area (Å²) in [6.07, 6.45) is 0.834. The normalized spacial score (nSPS) is 16.0. The first kappa shape index (κ1) is 20.3. The fourth-order valence-corrected chi connectivity index (χ4v) is 4.74. The first-order valence-corrected chi connectivity index (χ1v) is 10.5. The highest BCUT2D eigenvalue weighted by Crippen LogP contribution is 2.28. The van der Waals surface area contributed by atoms with Crippen LogP contribution < -0.4 is 10.1 Å². The van der Waals surface area contributed by atoms with E-state index in [-0.39, 0.29) is 29.8 Å². The van der Waals surface area contributed by atoms with Gasteiger partial charge in [0.15, 0.2) is 0 Å². The van der Waals surface area contributed by atoms with Gasteiger partial charge >= 0.3 is 0 Å². The highest BCUT2D eigenvalue weighted by atomic mass is 32.2. The lowest BCUT2D eigenvalue weighted by molar-refractivity contribution is -0.120. The summed E-state index contributed by atoms with van der Waals surface area (Å²) >= 11 is 0. The van der Waals surface area contributed by atoms with Crippen LogP contribution >= 0.6 is 0 Å². The lowest BCUT2D eigenvalue weighted by Gasteiger charge is -2.30. The van der Waals surface area contributed by atoms with Crippen LogP contribution in [0.4, 0.5) is 10.1 Å². The topological polar surface area (TPSA) is 75.7 Å². The molecule has 0 bridgehead atoms. The lowest BCUT2D eigenvalue weighted by atomic mass is 9.97. The highest BCUT2D eigenvalue weighted by molar-refractivity contribution is 7.89. The van der Waals surface area contributed by atoms with Crippen LogP contribution in [0.2, 0.25) is 0 Å². The minimum Gasteiger partial charge on any atom is -0.495 e. The molecule has 0 aromatic heterocycles. The molecule has 8 heteroatoms. The zero-order chi connectivity index (χ0) is 20.3. The Morgan fingerprint density at radius 1 is 1.14 bits per heavy atom. The van der Waals surface area contributed by atoms with Crippen LogP contribution in [0.5, 0.6) is 5.75 Å².